The van der Waals surface area contributed by atoms with E-state index in [1.807, 2.05) is 0 Å². The number of primary amides is 1. The topological polar surface area (TPSA) is 69.4 Å². The number of ether oxygens (including phenoxy) is 1. The predicted molar refractivity (Wildman–Crippen MR) is 55.4 cm³/mol. The molecule has 0 saturated heterocycles. The first-order valence-electron chi connectivity index (χ1n) is 4.28. The second kappa shape index (κ2) is 4.41. The Balaban J connectivity index is 2.77. The van der Waals surface area contributed by atoms with Crippen molar-refractivity contribution in [2.75, 3.05) is 0 Å². The third-order valence-electron chi connectivity index (χ3n) is 1.70. The molecule has 0 saturated carbocycles. The summed E-state index contributed by atoms with van der Waals surface area (Å²) in [6.45, 7) is 5.00. The van der Waals surface area contributed by atoms with E-state index in [4.69, 9.17) is 10.5 Å². The van der Waals surface area contributed by atoms with Gasteiger partial charge in [-0.25, -0.2) is 4.79 Å². The van der Waals surface area contributed by atoms with Crippen molar-refractivity contribution in [3.05, 3.63) is 42.0 Å². The van der Waals surface area contributed by atoms with Crippen LogP contribution in [0.1, 0.15) is 17.3 Å². The number of carbonyl (C=O) groups is 2. The van der Waals surface area contributed by atoms with Crippen LogP contribution in [0.15, 0.2) is 36.4 Å². The van der Waals surface area contributed by atoms with Crippen LogP contribution in [-0.4, -0.2) is 11.9 Å². The minimum atomic E-state index is -0.521. The molecule has 4 nitrogen and oxygen atoms in total. The molecule has 0 atom stereocenters. The van der Waals surface area contributed by atoms with Crippen molar-refractivity contribution in [2.45, 2.75) is 6.92 Å². The lowest BCUT2D eigenvalue weighted by molar-refractivity contribution is -0.130. The average molecular weight is 205 g/mol. The number of hydrogen-bond acceptors (Lipinski definition) is 3. The minimum Gasteiger partial charge on any atom is -0.423 e. The number of esters is 1. The first-order valence-corrected chi connectivity index (χ1v) is 4.28. The highest BCUT2D eigenvalue weighted by Gasteiger charge is 2.05. The van der Waals surface area contributed by atoms with Gasteiger partial charge in [-0.1, -0.05) is 6.58 Å². The van der Waals surface area contributed by atoms with Gasteiger partial charge in [-0.2, -0.15) is 0 Å². The highest BCUT2D eigenvalue weighted by atomic mass is 16.5. The fourth-order valence-electron chi connectivity index (χ4n) is 0.881. The van der Waals surface area contributed by atoms with E-state index in [0.29, 0.717) is 16.9 Å². The SMILES string of the molecule is C=C(C)C(=O)Oc1ccc(C(N)=O)cc1. The van der Waals surface area contributed by atoms with Gasteiger partial charge in [0.25, 0.3) is 0 Å². The lowest BCUT2D eigenvalue weighted by atomic mass is 10.2. The third kappa shape index (κ3) is 2.95. The molecule has 0 aliphatic heterocycles. The number of nitrogens with two attached hydrogens (primary N) is 1. The van der Waals surface area contributed by atoms with Crippen molar-refractivity contribution in [3.63, 3.8) is 0 Å². The Morgan fingerprint density at radius 2 is 1.80 bits per heavy atom. The van der Waals surface area contributed by atoms with Crippen molar-refractivity contribution in [1.29, 1.82) is 0 Å². The van der Waals surface area contributed by atoms with Crippen LogP contribution in [0.3, 0.4) is 0 Å². The fourth-order valence-corrected chi connectivity index (χ4v) is 0.881. The lowest BCUT2D eigenvalue weighted by Crippen LogP contribution is -2.11. The van der Waals surface area contributed by atoms with Gasteiger partial charge in [0.1, 0.15) is 5.75 Å². The molecule has 1 aromatic rings. The smallest absolute Gasteiger partial charge is 0.338 e. The molecule has 15 heavy (non-hydrogen) atoms. The molecule has 1 rings (SSSR count). The van der Waals surface area contributed by atoms with Crippen LogP contribution in [0.4, 0.5) is 0 Å². The highest BCUT2D eigenvalue weighted by molar-refractivity contribution is 5.93. The first kappa shape index (κ1) is 11.0. The van der Waals surface area contributed by atoms with Crippen molar-refractivity contribution >= 4 is 11.9 Å². The van der Waals surface area contributed by atoms with Crippen LogP contribution in [0.2, 0.25) is 0 Å². The molecule has 0 spiro atoms. The molecule has 0 fully saturated rings. The van der Waals surface area contributed by atoms with Gasteiger partial charge in [-0.15, -0.1) is 0 Å². The Bertz CT molecular complexity index is 406. The van der Waals surface area contributed by atoms with Crippen LogP contribution in [0.25, 0.3) is 0 Å². The van der Waals surface area contributed by atoms with Gasteiger partial charge in [0.2, 0.25) is 5.91 Å². The molecule has 0 aliphatic rings. The van der Waals surface area contributed by atoms with E-state index >= 15 is 0 Å². The van der Waals surface area contributed by atoms with E-state index in [2.05, 4.69) is 6.58 Å². The van der Waals surface area contributed by atoms with Gasteiger partial charge in [0.15, 0.2) is 0 Å². The average Bonchev–Trinajstić information content (AvgIpc) is 2.18. The summed E-state index contributed by atoms with van der Waals surface area (Å²) >= 11 is 0. The first-order chi connectivity index (χ1) is 7.00. The standard InChI is InChI=1S/C11H11NO3/c1-7(2)11(14)15-9-5-3-8(4-6-9)10(12)13/h3-6H,1H2,2H3,(H2,12,13). The van der Waals surface area contributed by atoms with Gasteiger partial charge in [0, 0.05) is 11.1 Å². The summed E-state index contributed by atoms with van der Waals surface area (Å²) in [5, 5.41) is 0. The zero-order valence-corrected chi connectivity index (χ0v) is 8.32. The molecule has 0 aromatic heterocycles. The van der Waals surface area contributed by atoms with Crippen LogP contribution >= 0.6 is 0 Å². The zero-order valence-electron chi connectivity index (χ0n) is 8.32. The Morgan fingerprint density at radius 3 is 2.20 bits per heavy atom. The maximum Gasteiger partial charge on any atom is 0.338 e. The molecule has 4 heteroatoms. The minimum absolute atomic E-state index is 0.314. The summed E-state index contributed by atoms with van der Waals surface area (Å²) in [6, 6.07) is 5.98. The van der Waals surface area contributed by atoms with Crippen molar-refractivity contribution in [3.8, 4) is 5.75 Å². The normalized spacial score (nSPS) is 9.40. The molecular formula is C11H11NO3. The van der Waals surface area contributed by atoms with E-state index in [-0.39, 0.29) is 0 Å². The van der Waals surface area contributed by atoms with Crippen molar-refractivity contribution in [2.24, 2.45) is 5.73 Å². The van der Waals surface area contributed by atoms with E-state index < -0.39 is 11.9 Å². The Hall–Kier alpha value is -2.10. The van der Waals surface area contributed by atoms with Crippen molar-refractivity contribution in [1.82, 2.24) is 0 Å². The number of amides is 1. The van der Waals surface area contributed by atoms with Crippen LogP contribution in [-0.2, 0) is 4.79 Å². The summed E-state index contributed by atoms with van der Waals surface area (Å²) in [5.74, 6) is -0.664. The predicted octanol–water partition coefficient (Wildman–Crippen LogP) is 1.27. The second-order valence-electron chi connectivity index (χ2n) is 3.06. The number of hydrogen-bond donors (Lipinski definition) is 1. The van der Waals surface area contributed by atoms with E-state index in [1.54, 1.807) is 6.92 Å². The van der Waals surface area contributed by atoms with E-state index in [0.717, 1.165) is 0 Å². The van der Waals surface area contributed by atoms with Crippen molar-refractivity contribution < 1.29 is 14.3 Å². The maximum atomic E-state index is 11.1. The Labute approximate surface area is 87.3 Å². The number of benzene rings is 1. The monoisotopic (exact) mass is 205 g/mol. The lowest BCUT2D eigenvalue weighted by Gasteiger charge is -2.03. The van der Waals surface area contributed by atoms with Gasteiger partial charge in [0.05, 0.1) is 0 Å². The molecule has 1 aromatic carbocycles. The Morgan fingerprint density at radius 1 is 1.27 bits per heavy atom. The summed E-state index contributed by atoms with van der Waals surface area (Å²) in [6.07, 6.45) is 0. The molecule has 0 aliphatic carbocycles. The molecule has 1 amide bonds. The third-order valence-corrected chi connectivity index (χ3v) is 1.70. The van der Waals surface area contributed by atoms with Gasteiger partial charge >= 0.3 is 5.97 Å². The molecule has 0 unspecified atom stereocenters. The molecular weight excluding hydrogens is 194 g/mol. The van der Waals surface area contributed by atoms with Crippen LogP contribution in [0, 0.1) is 0 Å². The van der Waals surface area contributed by atoms with E-state index in [1.165, 1.54) is 24.3 Å². The quantitative estimate of drug-likeness (QED) is 0.459. The number of rotatable bonds is 3. The fraction of sp³-hybridized carbons (Fsp3) is 0.0909. The van der Waals surface area contributed by atoms with Gasteiger partial charge in [-0.3, -0.25) is 4.79 Å². The second-order valence-corrected chi connectivity index (χ2v) is 3.06. The summed E-state index contributed by atoms with van der Waals surface area (Å²) < 4.78 is 4.92. The van der Waals surface area contributed by atoms with Crippen LogP contribution in [0.5, 0.6) is 5.75 Å². The molecule has 0 bridgehead atoms. The molecule has 78 valence electrons. The van der Waals surface area contributed by atoms with Gasteiger partial charge < -0.3 is 10.5 Å². The Kier molecular flexibility index (Phi) is 3.23. The summed E-state index contributed by atoms with van der Waals surface area (Å²) in [7, 11) is 0. The van der Waals surface area contributed by atoms with E-state index in [9.17, 15) is 9.59 Å². The van der Waals surface area contributed by atoms with Gasteiger partial charge in [-0.05, 0) is 31.2 Å². The maximum absolute atomic E-state index is 11.1. The highest BCUT2D eigenvalue weighted by Crippen LogP contribution is 2.13. The molecule has 0 heterocycles. The zero-order chi connectivity index (χ0) is 11.4. The number of carbonyl (C=O) groups excluding carboxylic acids is 2. The summed E-state index contributed by atoms with van der Waals surface area (Å²) in [5.41, 5.74) is 5.73. The molecule has 2 N–H and O–H groups in total. The molecule has 0 radical (unpaired) electrons. The van der Waals surface area contributed by atoms with Crippen LogP contribution < -0.4 is 10.5 Å². The summed E-state index contributed by atoms with van der Waals surface area (Å²) in [4.78, 5) is 21.9. The largest absolute Gasteiger partial charge is 0.423 e.